The normalized spacial score (nSPS) is 18.3. The van der Waals surface area contributed by atoms with Crippen molar-refractivity contribution in [1.82, 2.24) is 14.5 Å². The van der Waals surface area contributed by atoms with Gasteiger partial charge in [-0.25, -0.2) is 8.42 Å². The van der Waals surface area contributed by atoms with Crippen molar-refractivity contribution in [2.24, 2.45) is 0 Å². The van der Waals surface area contributed by atoms with E-state index < -0.39 is 10.0 Å². The summed E-state index contributed by atoms with van der Waals surface area (Å²) in [5.74, 6) is 1.14. The number of rotatable bonds is 6. The summed E-state index contributed by atoms with van der Waals surface area (Å²) in [6, 6.07) is 12.9. The van der Waals surface area contributed by atoms with Gasteiger partial charge in [-0.2, -0.15) is 4.31 Å². The van der Waals surface area contributed by atoms with Crippen LogP contribution in [-0.2, 0) is 10.0 Å². The largest absolute Gasteiger partial charge is 0.472 e. The molecule has 1 aliphatic heterocycles. The van der Waals surface area contributed by atoms with Crippen LogP contribution in [0.1, 0.15) is 12.0 Å². The molecule has 3 rings (SSSR count). The Morgan fingerprint density at radius 1 is 1.15 bits per heavy atom. The van der Waals surface area contributed by atoms with Crippen LogP contribution in [0.5, 0.6) is 5.88 Å². The Morgan fingerprint density at radius 2 is 1.92 bits per heavy atom. The molecular formula is C18H22N4O3S. The summed E-state index contributed by atoms with van der Waals surface area (Å²) < 4.78 is 32.2. The fourth-order valence-corrected chi connectivity index (χ4v) is 3.86. The molecule has 0 radical (unpaired) electrons. The molecule has 26 heavy (non-hydrogen) atoms. The molecule has 1 aromatic heterocycles. The maximum Gasteiger partial charge on any atom is 0.236 e. The highest BCUT2D eigenvalue weighted by molar-refractivity contribution is 7.92. The number of ether oxygens (including phenoxy) is 1. The van der Waals surface area contributed by atoms with Crippen LogP contribution >= 0.6 is 0 Å². The molecule has 7 nitrogen and oxygen atoms in total. The average molecular weight is 374 g/mol. The third-order valence-corrected chi connectivity index (χ3v) is 5.60. The highest BCUT2D eigenvalue weighted by atomic mass is 32.2. The van der Waals surface area contributed by atoms with E-state index in [1.54, 1.807) is 12.1 Å². The molecule has 0 spiro atoms. The van der Waals surface area contributed by atoms with Crippen LogP contribution in [0, 0.1) is 0 Å². The number of hydrogen-bond acceptors (Lipinski definition) is 6. The second-order valence-corrected chi connectivity index (χ2v) is 8.09. The van der Waals surface area contributed by atoms with Crippen molar-refractivity contribution in [3.05, 3.63) is 53.4 Å². The number of hydrogen-bond donors (Lipinski definition) is 0. The molecule has 138 valence electrons. The van der Waals surface area contributed by atoms with Gasteiger partial charge in [0.2, 0.25) is 15.9 Å². The molecule has 1 saturated heterocycles. The predicted molar refractivity (Wildman–Crippen MR) is 101 cm³/mol. The van der Waals surface area contributed by atoms with Crippen molar-refractivity contribution < 1.29 is 13.2 Å². The zero-order valence-corrected chi connectivity index (χ0v) is 15.6. The van der Waals surface area contributed by atoms with Gasteiger partial charge in [0.1, 0.15) is 6.10 Å². The Hall–Kier alpha value is -2.45. The fourth-order valence-electron chi connectivity index (χ4n) is 2.62. The molecular weight excluding hydrogens is 352 g/mol. The van der Waals surface area contributed by atoms with Crippen molar-refractivity contribution in [2.45, 2.75) is 12.5 Å². The lowest BCUT2D eigenvalue weighted by Gasteiger charge is -2.15. The van der Waals surface area contributed by atoms with Crippen molar-refractivity contribution in [3.63, 3.8) is 0 Å². The molecule has 0 bridgehead atoms. The van der Waals surface area contributed by atoms with Crippen LogP contribution < -0.4 is 9.64 Å². The summed E-state index contributed by atoms with van der Waals surface area (Å²) in [6.45, 7) is 0.730. The summed E-state index contributed by atoms with van der Waals surface area (Å²) in [5.41, 5.74) is 0.847. The molecule has 2 aromatic rings. The molecule has 8 heteroatoms. The Balaban J connectivity index is 1.59. The van der Waals surface area contributed by atoms with Gasteiger partial charge in [0.05, 0.1) is 6.54 Å². The zero-order valence-electron chi connectivity index (χ0n) is 14.8. The van der Waals surface area contributed by atoms with Crippen LogP contribution in [0.15, 0.2) is 47.9 Å². The lowest BCUT2D eigenvalue weighted by molar-refractivity contribution is 0.205. The number of aromatic nitrogens is 2. The van der Waals surface area contributed by atoms with Crippen LogP contribution in [0.25, 0.3) is 6.08 Å². The maximum atomic E-state index is 12.5. The highest BCUT2D eigenvalue weighted by Gasteiger charge is 2.31. The molecule has 1 unspecified atom stereocenters. The zero-order chi connectivity index (χ0) is 18.6. The van der Waals surface area contributed by atoms with E-state index in [1.165, 1.54) is 9.71 Å². The maximum absolute atomic E-state index is 12.5. The topological polar surface area (TPSA) is 75.6 Å². The van der Waals surface area contributed by atoms with Crippen molar-refractivity contribution in [2.75, 3.05) is 32.1 Å². The number of anilines is 1. The Morgan fingerprint density at radius 3 is 2.58 bits per heavy atom. The summed E-state index contributed by atoms with van der Waals surface area (Å²) in [4.78, 5) is 1.85. The molecule has 1 aromatic carbocycles. The van der Waals surface area contributed by atoms with Gasteiger partial charge >= 0.3 is 0 Å². The van der Waals surface area contributed by atoms with Gasteiger partial charge in [-0.15, -0.1) is 10.2 Å². The minimum atomic E-state index is -3.47. The Kier molecular flexibility index (Phi) is 5.53. The molecule has 1 atom stereocenters. The first-order valence-corrected chi connectivity index (χ1v) is 9.85. The van der Waals surface area contributed by atoms with Gasteiger partial charge in [0.25, 0.3) is 0 Å². The Labute approximate surface area is 154 Å². The predicted octanol–water partition coefficient (Wildman–Crippen LogP) is 2.00. The monoisotopic (exact) mass is 374 g/mol. The Bertz CT molecular complexity index is 852. The van der Waals surface area contributed by atoms with E-state index in [1.807, 2.05) is 55.4 Å². The van der Waals surface area contributed by atoms with Gasteiger partial charge < -0.3 is 9.64 Å². The van der Waals surface area contributed by atoms with Gasteiger partial charge in [-0.05, 0) is 24.1 Å². The molecule has 1 fully saturated rings. The summed E-state index contributed by atoms with van der Waals surface area (Å²) in [5, 5.41) is 9.34. The smallest absolute Gasteiger partial charge is 0.236 e. The number of sulfonamides is 1. The van der Waals surface area contributed by atoms with E-state index in [0.717, 1.165) is 11.4 Å². The molecule has 0 aliphatic carbocycles. The van der Waals surface area contributed by atoms with Crippen LogP contribution in [0.4, 0.5) is 5.82 Å². The van der Waals surface area contributed by atoms with Crippen molar-refractivity contribution in [3.8, 4) is 5.88 Å². The first kappa shape index (κ1) is 18.3. The summed E-state index contributed by atoms with van der Waals surface area (Å²) in [7, 11) is 0.293. The van der Waals surface area contributed by atoms with E-state index in [2.05, 4.69) is 10.2 Å². The molecule has 2 heterocycles. The lowest BCUT2D eigenvalue weighted by Crippen LogP contribution is -2.29. The molecule has 0 N–H and O–H groups in total. The van der Waals surface area contributed by atoms with Crippen molar-refractivity contribution >= 4 is 21.9 Å². The summed E-state index contributed by atoms with van der Waals surface area (Å²) >= 11 is 0. The molecule has 1 aliphatic rings. The second kappa shape index (κ2) is 7.84. The third kappa shape index (κ3) is 4.59. The minimum Gasteiger partial charge on any atom is -0.472 e. The number of nitrogens with zero attached hydrogens (tertiary/aromatic N) is 4. The SMILES string of the molecule is CN(C)c1ccc(OC2CCN(S(=O)(=O)/C=C/c3ccccc3)C2)nn1. The molecule has 0 amide bonds. The van der Waals surface area contributed by atoms with E-state index in [0.29, 0.717) is 25.4 Å². The first-order chi connectivity index (χ1) is 12.4. The lowest BCUT2D eigenvalue weighted by atomic mass is 10.2. The molecule has 0 saturated carbocycles. The van der Waals surface area contributed by atoms with Gasteiger partial charge in [0, 0.05) is 32.1 Å². The fraction of sp³-hybridized carbons (Fsp3) is 0.333. The van der Waals surface area contributed by atoms with Gasteiger partial charge in [-0.1, -0.05) is 30.3 Å². The quantitative estimate of drug-likeness (QED) is 0.770. The van der Waals surface area contributed by atoms with Crippen molar-refractivity contribution in [1.29, 1.82) is 0 Å². The van der Waals surface area contributed by atoms with E-state index >= 15 is 0 Å². The van der Waals surface area contributed by atoms with E-state index in [-0.39, 0.29) is 6.10 Å². The van der Waals surface area contributed by atoms with Gasteiger partial charge in [0.15, 0.2) is 5.82 Å². The third-order valence-electron chi connectivity index (χ3n) is 4.07. The van der Waals surface area contributed by atoms with Gasteiger partial charge in [-0.3, -0.25) is 0 Å². The second-order valence-electron chi connectivity index (χ2n) is 6.27. The van der Waals surface area contributed by atoms with Crippen LogP contribution in [0.3, 0.4) is 0 Å². The summed E-state index contributed by atoms with van der Waals surface area (Å²) in [6.07, 6.45) is 2.00. The highest BCUT2D eigenvalue weighted by Crippen LogP contribution is 2.20. The standard InChI is InChI=1S/C18H22N4O3S/c1-21(2)17-8-9-18(20-19-17)25-16-10-12-22(14-16)26(23,24)13-11-15-6-4-3-5-7-15/h3-9,11,13,16H,10,12,14H2,1-2H3/b13-11+. The first-order valence-electron chi connectivity index (χ1n) is 8.35. The van der Waals surface area contributed by atoms with E-state index in [4.69, 9.17) is 4.74 Å². The van der Waals surface area contributed by atoms with E-state index in [9.17, 15) is 8.42 Å². The van der Waals surface area contributed by atoms with Crippen LogP contribution in [-0.4, -0.2) is 56.2 Å². The average Bonchev–Trinajstić information content (AvgIpc) is 3.11. The number of benzene rings is 1. The minimum absolute atomic E-state index is 0.227. The van der Waals surface area contributed by atoms with Crippen LogP contribution in [0.2, 0.25) is 0 Å².